The number of hydrogen-bond donors (Lipinski definition) is 1. The molecule has 2 aliphatic heterocycles. The molecule has 2 aromatic rings. The molecule has 10 heteroatoms. The molecule has 0 aromatic heterocycles. The minimum absolute atomic E-state index is 0. The first-order valence-corrected chi connectivity index (χ1v) is 8.70. The van der Waals surface area contributed by atoms with Crippen LogP contribution in [0.15, 0.2) is 42.5 Å². The van der Waals surface area contributed by atoms with Crippen LogP contribution in [-0.4, -0.2) is 44.2 Å². The Balaban J connectivity index is 0.00000150. The summed E-state index contributed by atoms with van der Waals surface area (Å²) in [6.07, 6.45) is -4.70. The van der Waals surface area contributed by atoms with Crippen molar-refractivity contribution >= 4 is 24.8 Å². The number of hydrogen-bond acceptors (Lipinski definition) is 5. The van der Waals surface area contributed by atoms with Gasteiger partial charge in [-0.1, -0.05) is 24.3 Å². The number of nitrogens with zero attached hydrogens (tertiary/aromatic N) is 1. The zero-order chi connectivity index (χ0) is 18.9. The van der Waals surface area contributed by atoms with Crippen molar-refractivity contribution in [2.24, 2.45) is 0 Å². The number of alkyl halides is 3. The minimum atomic E-state index is -4.70. The van der Waals surface area contributed by atoms with Crippen LogP contribution in [0.25, 0.3) is 0 Å². The fraction of sp³-hybridized carbons (Fsp3) is 0.368. The normalized spacial score (nSPS) is 17.1. The molecule has 0 spiro atoms. The number of fused-ring (bicyclic) bond motifs is 1. The highest BCUT2D eigenvalue weighted by molar-refractivity contribution is 5.85. The molecule has 1 N–H and O–H groups in total. The van der Waals surface area contributed by atoms with Crippen molar-refractivity contribution in [2.45, 2.75) is 12.4 Å². The van der Waals surface area contributed by atoms with E-state index in [-0.39, 0.29) is 43.4 Å². The third kappa shape index (κ3) is 5.39. The molecule has 0 unspecified atom stereocenters. The summed E-state index contributed by atoms with van der Waals surface area (Å²) >= 11 is 0. The fourth-order valence-corrected chi connectivity index (χ4v) is 3.55. The van der Waals surface area contributed by atoms with Crippen molar-refractivity contribution in [1.29, 1.82) is 0 Å². The molecule has 5 nitrogen and oxygen atoms in total. The lowest BCUT2D eigenvalue weighted by Crippen LogP contribution is -2.45. The number of halogens is 5. The van der Waals surface area contributed by atoms with E-state index in [0.717, 1.165) is 37.3 Å². The molecule has 2 aliphatic rings. The fourth-order valence-electron chi connectivity index (χ4n) is 3.55. The Bertz CT molecular complexity index is 800. The molecule has 2 aromatic carbocycles. The van der Waals surface area contributed by atoms with Gasteiger partial charge in [-0.3, -0.25) is 4.90 Å². The Hall–Kier alpha value is -1.87. The standard InChI is InChI=1S/C19H19F3N2O3.2ClH/c20-19(21,22)27-14-6-4-13(5-7-14)17(24-10-8-23-9-11-24)15-2-1-3-16-18(15)26-12-25-16;;/h1-7,17,23H,8-12H2;2*1H/t17-;;/m1../s1. The Labute approximate surface area is 178 Å². The number of rotatable bonds is 4. The third-order valence-corrected chi connectivity index (χ3v) is 4.67. The largest absolute Gasteiger partial charge is 0.573 e. The van der Waals surface area contributed by atoms with Gasteiger partial charge in [-0.05, 0) is 23.8 Å². The van der Waals surface area contributed by atoms with Gasteiger partial charge in [0, 0.05) is 31.7 Å². The van der Waals surface area contributed by atoms with Crippen molar-refractivity contribution in [3.05, 3.63) is 53.6 Å². The van der Waals surface area contributed by atoms with Crippen LogP contribution in [0.3, 0.4) is 0 Å². The second-order valence-corrected chi connectivity index (χ2v) is 6.39. The molecule has 0 radical (unpaired) electrons. The quantitative estimate of drug-likeness (QED) is 0.754. The van der Waals surface area contributed by atoms with E-state index in [0.29, 0.717) is 11.5 Å². The minimum Gasteiger partial charge on any atom is -0.454 e. The zero-order valence-electron chi connectivity index (χ0n) is 15.3. The topological polar surface area (TPSA) is 43.0 Å². The van der Waals surface area contributed by atoms with Gasteiger partial charge < -0.3 is 19.5 Å². The van der Waals surface area contributed by atoms with Gasteiger partial charge in [0.1, 0.15) is 5.75 Å². The molecule has 4 rings (SSSR count). The lowest BCUT2D eigenvalue weighted by atomic mass is 9.95. The van der Waals surface area contributed by atoms with Gasteiger partial charge in [-0.2, -0.15) is 0 Å². The number of nitrogens with one attached hydrogen (secondary N) is 1. The lowest BCUT2D eigenvalue weighted by molar-refractivity contribution is -0.274. The van der Waals surface area contributed by atoms with Crippen LogP contribution in [0.1, 0.15) is 17.2 Å². The van der Waals surface area contributed by atoms with Crippen molar-refractivity contribution in [3.8, 4) is 17.2 Å². The highest BCUT2D eigenvalue weighted by Gasteiger charge is 2.32. The first-order chi connectivity index (χ1) is 13.0. The maximum Gasteiger partial charge on any atom is 0.573 e. The van der Waals surface area contributed by atoms with Crippen LogP contribution in [0, 0.1) is 0 Å². The highest BCUT2D eigenvalue weighted by Crippen LogP contribution is 2.43. The SMILES string of the molecule is Cl.Cl.FC(F)(F)Oc1ccc([C@H](c2cccc3c2OCO3)N2CCNCC2)cc1. The van der Waals surface area contributed by atoms with Crippen molar-refractivity contribution in [1.82, 2.24) is 10.2 Å². The summed E-state index contributed by atoms with van der Waals surface area (Å²) in [7, 11) is 0. The summed E-state index contributed by atoms with van der Waals surface area (Å²) in [5.74, 6) is 1.14. The molecule has 29 heavy (non-hydrogen) atoms. The van der Waals surface area contributed by atoms with E-state index in [9.17, 15) is 13.2 Å². The molecule has 0 amide bonds. The Morgan fingerprint density at radius 1 is 0.966 bits per heavy atom. The van der Waals surface area contributed by atoms with Crippen LogP contribution in [0.4, 0.5) is 13.2 Å². The smallest absolute Gasteiger partial charge is 0.454 e. The Morgan fingerprint density at radius 3 is 2.31 bits per heavy atom. The summed E-state index contributed by atoms with van der Waals surface area (Å²) < 4.78 is 52.5. The molecule has 1 fully saturated rings. The third-order valence-electron chi connectivity index (χ3n) is 4.67. The van der Waals surface area contributed by atoms with E-state index in [1.165, 1.54) is 12.1 Å². The molecule has 1 saturated heterocycles. The summed E-state index contributed by atoms with van der Waals surface area (Å²) in [5.41, 5.74) is 1.81. The predicted octanol–water partition coefficient (Wildman–Crippen LogP) is 4.15. The van der Waals surface area contributed by atoms with Crippen LogP contribution >= 0.6 is 24.8 Å². The summed E-state index contributed by atoms with van der Waals surface area (Å²) in [6.45, 7) is 3.49. The molecular weight excluding hydrogens is 432 g/mol. The first kappa shape index (κ1) is 23.4. The van der Waals surface area contributed by atoms with Crippen molar-refractivity contribution in [2.75, 3.05) is 33.0 Å². The van der Waals surface area contributed by atoms with E-state index >= 15 is 0 Å². The van der Waals surface area contributed by atoms with Crippen molar-refractivity contribution in [3.63, 3.8) is 0 Å². The maximum atomic E-state index is 12.4. The van der Waals surface area contributed by atoms with Crippen molar-refractivity contribution < 1.29 is 27.4 Å². The van der Waals surface area contributed by atoms with Gasteiger partial charge in [-0.15, -0.1) is 38.0 Å². The molecule has 0 aliphatic carbocycles. The Morgan fingerprint density at radius 2 is 1.66 bits per heavy atom. The van der Waals surface area contributed by atoms with Gasteiger partial charge in [0.25, 0.3) is 0 Å². The van der Waals surface area contributed by atoms with Gasteiger partial charge >= 0.3 is 6.36 Å². The first-order valence-electron chi connectivity index (χ1n) is 8.70. The average molecular weight is 453 g/mol. The van der Waals surface area contributed by atoms with Crippen LogP contribution < -0.4 is 19.5 Å². The second-order valence-electron chi connectivity index (χ2n) is 6.39. The molecule has 2 heterocycles. The number of ether oxygens (including phenoxy) is 3. The average Bonchev–Trinajstić information content (AvgIpc) is 3.13. The summed E-state index contributed by atoms with van der Waals surface area (Å²) in [4.78, 5) is 2.29. The zero-order valence-corrected chi connectivity index (χ0v) is 16.9. The van der Waals surface area contributed by atoms with Crippen LogP contribution in [0.5, 0.6) is 17.2 Å². The van der Waals surface area contributed by atoms with Crippen LogP contribution in [-0.2, 0) is 0 Å². The Kier molecular flexibility index (Phi) is 7.87. The molecule has 160 valence electrons. The van der Waals surface area contributed by atoms with E-state index in [2.05, 4.69) is 15.0 Å². The highest BCUT2D eigenvalue weighted by atomic mass is 35.5. The van der Waals surface area contributed by atoms with Crippen LogP contribution in [0.2, 0.25) is 0 Å². The second kappa shape index (κ2) is 9.75. The van der Waals surface area contributed by atoms with Gasteiger partial charge in [0.15, 0.2) is 11.5 Å². The number of piperazine rings is 1. The van der Waals surface area contributed by atoms with E-state index in [1.54, 1.807) is 12.1 Å². The monoisotopic (exact) mass is 452 g/mol. The summed E-state index contributed by atoms with van der Waals surface area (Å²) in [6, 6.07) is 11.6. The molecule has 1 atom stereocenters. The van der Waals surface area contributed by atoms with Gasteiger partial charge in [0.05, 0.1) is 6.04 Å². The lowest BCUT2D eigenvalue weighted by Gasteiger charge is -2.36. The van der Waals surface area contributed by atoms with E-state index in [1.807, 2.05) is 18.2 Å². The summed E-state index contributed by atoms with van der Waals surface area (Å²) in [5, 5.41) is 3.32. The predicted molar refractivity (Wildman–Crippen MR) is 106 cm³/mol. The van der Waals surface area contributed by atoms with Gasteiger partial charge in [-0.25, -0.2) is 0 Å². The van der Waals surface area contributed by atoms with E-state index in [4.69, 9.17) is 9.47 Å². The maximum absolute atomic E-state index is 12.4. The molecular formula is C19H21Cl2F3N2O3. The van der Waals surface area contributed by atoms with Gasteiger partial charge in [0.2, 0.25) is 6.79 Å². The number of benzene rings is 2. The molecule has 0 bridgehead atoms. The number of para-hydroxylation sites is 1. The molecule has 0 saturated carbocycles. The van der Waals surface area contributed by atoms with E-state index < -0.39 is 6.36 Å².